The third kappa shape index (κ3) is 4.97. The molecule has 124 valence electrons. The maximum atomic E-state index is 12.0. The van der Waals surface area contributed by atoms with Gasteiger partial charge in [-0.1, -0.05) is 18.2 Å². The van der Waals surface area contributed by atoms with Crippen molar-refractivity contribution < 1.29 is 14.3 Å². The van der Waals surface area contributed by atoms with Crippen molar-refractivity contribution in [3.8, 4) is 11.5 Å². The van der Waals surface area contributed by atoms with Crippen molar-refractivity contribution in [2.24, 2.45) is 0 Å². The van der Waals surface area contributed by atoms with E-state index < -0.39 is 0 Å². The Morgan fingerprint density at radius 3 is 2.57 bits per heavy atom. The molecule has 0 saturated heterocycles. The average Bonchev–Trinajstić information content (AvgIpc) is 3.07. The Morgan fingerprint density at radius 1 is 1.22 bits per heavy atom. The Morgan fingerprint density at radius 2 is 1.96 bits per heavy atom. The number of likely N-dealkylation sites (N-methyl/N-ethyl adjacent to an activating group) is 1. The van der Waals surface area contributed by atoms with Gasteiger partial charge in [0.25, 0.3) is 5.91 Å². The molecule has 0 bridgehead atoms. The maximum Gasteiger partial charge on any atom is 0.258 e. The third-order valence-electron chi connectivity index (χ3n) is 3.42. The summed E-state index contributed by atoms with van der Waals surface area (Å²) < 4.78 is 10.7. The largest absolute Gasteiger partial charge is 0.493 e. The van der Waals surface area contributed by atoms with E-state index in [1.54, 1.807) is 30.6 Å². The quantitative estimate of drug-likeness (QED) is 0.806. The van der Waals surface area contributed by atoms with E-state index in [9.17, 15) is 4.79 Å². The van der Waals surface area contributed by atoms with Crippen LogP contribution in [0.25, 0.3) is 0 Å². The molecule has 0 aliphatic heterocycles. The zero-order valence-corrected chi connectivity index (χ0v) is 14.4. The molecule has 0 radical (unpaired) electrons. The van der Waals surface area contributed by atoms with Gasteiger partial charge in [0, 0.05) is 11.4 Å². The molecule has 1 heterocycles. The molecule has 1 unspecified atom stereocenters. The first-order valence-corrected chi connectivity index (χ1v) is 8.22. The van der Waals surface area contributed by atoms with E-state index in [2.05, 4.69) is 16.3 Å². The van der Waals surface area contributed by atoms with Crippen LogP contribution in [0.1, 0.15) is 10.9 Å². The highest BCUT2D eigenvalue weighted by Crippen LogP contribution is 2.25. The summed E-state index contributed by atoms with van der Waals surface area (Å²) in [6.07, 6.45) is 0. The van der Waals surface area contributed by atoms with Crippen molar-refractivity contribution in [1.82, 2.24) is 10.2 Å². The van der Waals surface area contributed by atoms with Crippen LogP contribution in [0.15, 0.2) is 41.8 Å². The topological polar surface area (TPSA) is 50.8 Å². The third-order valence-corrected chi connectivity index (χ3v) is 4.39. The standard InChI is InChI=1S/C17H22N2O3S/c1-19(2)13(16-9-6-10-23-16)11-18-17(20)12-22-15-8-5-4-7-14(15)21-3/h4-10,13H,11-12H2,1-3H3,(H,18,20). The van der Waals surface area contributed by atoms with Crippen LogP contribution in [0.4, 0.5) is 0 Å². The summed E-state index contributed by atoms with van der Waals surface area (Å²) in [4.78, 5) is 15.3. The molecule has 0 saturated carbocycles. The number of hydrogen-bond donors (Lipinski definition) is 1. The zero-order valence-electron chi connectivity index (χ0n) is 13.6. The SMILES string of the molecule is COc1ccccc1OCC(=O)NCC(c1cccs1)N(C)C. The lowest BCUT2D eigenvalue weighted by Gasteiger charge is -2.23. The summed E-state index contributed by atoms with van der Waals surface area (Å²) in [6.45, 7) is 0.507. The predicted molar refractivity (Wildman–Crippen MR) is 92.2 cm³/mol. The molecule has 2 aromatic rings. The Bertz CT molecular complexity index is 614. The van der Waals surface area contributed by atoms with Gasteiger partial charge in [-0.15, -0.1) is 11.3 Å². The molecule has 2 rings (SSSR count). The number of rotatable bonds is 8. The second-order valence-corrected chi connectivity index (χ2v) is 6.22. The molecule has 1 amide bonds. The van der Waals surface area contributed by atoms with Crippen molar-refractivity contribution in [2.45, 2.75) is 6.04 Å². The predicted octanol–water partition coefficient (Wildman–Crippen LogP) is 2.55. The Hall–Kier alpha value is -2.05. The lowest BCUT2D eigenvalue weighted by molar-refractivity contribution is -0.123. The summed E-state index contributed by atoms with van der Waals surface area (Å²) in [7, 11) is 5.58. The van der Waals surface area contributed by atoms with E-state index in [4.69, 9.17) is 9.47 Å². The van der Waals surface area contributed by atoms with E-state index >= 15 is 0 Å². The van der Waals surface area contributed by atoms with E-state index in [0.29, 0.717) is 18.0 Å². The molecular formula is C17H22N2O3S. The number of carbonyl (C=O) groups is 1. The number of hydrogen-bond acceptors (Lipinski definition) is 5. The summed E-state index contributed by atoms with van der Waals surface area (Å²) in [5.74, 6) is 1.02. The molecule has 0 spiro atoms. The Balaban J connectivity index is 1.85. The number of thiophene rings is 1. The van der Waals surface area contributed by atoms with Gasteiger partial charge in [-0.3, -0.25) is 4.79 Å². The first kappa shape index (κ1) is 17.3. The normalized spacial score (nSPS) is 12.0. The zero-order chi connectivity index (χ0) is 16.7. The van der Waals surface area contributed by atoms with Gasteiger partial charge in [0.15, 0.2) is 18.1 Å². The molecule has 0 aliphatic carbocycles. The minimum atomic E-state index is -0.153. The van der Waals surface area contributed by atoms with Gasteiger partial charge in [-0.05, 0) is 37.7 Å². The van der Waals surface area contributed by atoms with Crippen LogP contribution in [-0.2, 0) is 4.79 Å². The summed E-state index contributed by atoms with van der Waals surface area (Å²) in [6, 6.07) is 11.5. The van der Waals surface area contributed by atoms with E-state index in [0.717, 1.165) is 0 Å². The van der Waals surface area contributed by atoms with Crippen molar-refractivity contribution in [1.29, 1.82) is 0 Å². The van der Waals surface area contributed by atoms with Crippen LogP contribution >= 0.6 is 11.3 Å². The van der Waals surface area contributed by atoms with Gasteiger partial charge in [0.2, 0.25) is 0 Å². The van der Waals surface area contributed by atoms with Crippen LogP contribution in [-0.4, -0.2) is 45.2 Å². The number of carbonyl (C=O) groups excluding carboxylic acids is 1. The number of nitrogens with zero attached hydrogens (tertiary/aromatic N) is 1. The van der Waals surface area contributed by atoms with Crippen LogP contribution < -0.4 is 14.8 Å². The van der Waals surface area contributed by atoms with Crippen LogP contribution in [0.5, 0.6) is 11.5 Å². The molecule has 0 aliphatic rings. The number of amides is 1. The van der Waals surface area contributed by atoms with Crippen molar-refractivity contribution >= 4 is 17.2 Å². The summed E-state index contributed by atoms with van der Waals surface area (Å²) in [5.41, 5.74) is 0. The fraction of sp³-hybridized carbons (Fsp3) is 0.353. The number of para-hydroxylation sites is 2. The molecule has 1 aromatic carbocycles. The van der Waals surface area contributed by atoms with Crippen LogP contribution in [0, 0.1) is 0 Å². The average molecular weight is 334 g/mol. The van der Waals surface area contributed by atoms with Crippen molar-refractivity contribution in [2.75, 3.05) is 34.4 Å². The molecule has 0 fully saturated rings. The fourth-order valence-electron chi connectivity index (χ4n) is 2.16. The van der Waals surface area contributed by atoms with E-state index in [1.807, 2.05) is 37.7 Å². The van der Waals surface area contributed by atoms with Crippen LogP contribution in [0.3, 0.4) is 0 Å². The van der Waals surface area contributed by atoms with Gasteiger partial charge >= 0.3 is 0 Å². The van der Waals surface area contributed by atoms with E-state index in [1.165, 1.54) is 4.88 Å². The molecule has 5 nitrogen and oxygen atoms in total. The van der Waals surface area contributed by atoms with Crippen LogP contribution in [0.2, 0.25) is 0 Å². The van der Waals surface area contributed by atoms with E-state index in [-0.39, 0.29) is 18.6 Å². The monoisotopic (exact) mass is 334 g/mol. The maximum absolute atomic E-state index is 12.0. The van der Waals surface area contributed by atoms with Gasteiger partial charge < -0.3 is 19.7 Å². The van der Waals surface area contributed by atoms with Crippen molar-refractivity contribution in [3.63, 3.8) is 0 Å². The Kier molecular flexibility index (Phi) is 6.43. The molecule has 1 N–H and O–H groups in total. The van der Waals surface area contributed by atoms with Gasteiger partial charge in [0.1, 0.15) is 0 Å². The number of methoxy groups -OCH3 is 1. The first-order valence-electron chi connectivity index (χ1n) is 7.34. The molecule has 6 heteroatoms. The summed E-state index contributed by atoms with van der Waals surface area (Å²) in [5, 5.41) is 4.96. The molecule has 23 heavy (non-hydrogen) atoms. The smallest absolute Gasteiger partial charge is 0.258 e. The van der Waals surface area contributed by atoms with Gasteiger partial charge in [-0.2, -0.15) is 0 Å². The van der Waals surface area contributed by atoms with Crippen molar-refractivity contribution in [3.05, 3.63) is 46.7 Å². The molecular weight excluding hydrogens is 312 g/mol. The highest BCUT2D eigenvalue weighted by Gasteiger charge is 2.16. The second-order valence-electron chi connectivity index (χ2n) is 5.24. The van der Waals surface area contributed by atoms with Gasteiger partial charge in [-0.25, -0.2) is 0 Å². The highest BCUT2D eigenvalue weighted by molar-refractivity contribution is 7.10. The molecule has 1 aromatic heterocycles. The summed E-state index contributed by atoms with van der Waals surface area (Å²) >= 11 is 1.69. The fourth-order valence-corrected chi connectivity index (χ4v) is 3.08. The lowest BCUT2D eigenvalue weighted by atomic mass is 10.2. The minimum Gasteiger partial charge on any atom is -0.493 e. The number of benzene rings is 1. The first-order chi connectivity index (χ1) is 11.1. The second kappa shape index (κ2) is 8.55. The molecule has 1 atom stereocenters. The number of nitrogens with one attached hydrogen (secondary N) is 1. The number of ether oxygens (including phenoxy) is 2. The Labute approximate surface area is 140 Å². The lowest BCUT2D eigenvalue weighted by Crippen LogP contribution is -2.36. The van der Waals surface area contributed by atoms with Gasteiger partial charge in [0.05, 0.1) is 13.2 Å². The highest BCUT2D eigenvalue weighted by atomic mass is 32.1. The minimum absolute atomic E-state index is 0.0367.